The predicted octanol–water partition coefficient (Wildman–Crippen LogP) is 2.65. The summed E-state index contributed by atoms with van der Waals surface area (Å²) in [5.41, 5.74) is 1.43. The zero-order chi connectivity index (χ0) is 18.7. The number of aryl methyl sites for hydroxylation is 2. The number of carboxylic acids is 1. The van der Waals surface area contributed by atoms with Crippen LogP contribution < -0.4 is 5.32 Å². The molecule has 2 heterocycles. The lowest BCUT2D eigenvalue weighted by Gasteiger charge is -2.33. The van der Waals surface area contributed by atoms with Gasteiger partial charge in [0.25, 0.3) is 5.91 Å². The van der Waals surface area contributed by atoms with Gasteiger partial charge in [-0.2, -0.15) is 5.10 Å². The molecule has 3 rings (SSSR count). The highest BCUT2D eigenvalue weighted by Crippen LogP contribution is 2.36. The molecule has 0 bridgehead atoms. The van der Waals surface area contributed by atoms with E-state index in [0.717, 1.165) is 30.7 Å². The summed E-state index contributed by atoms with van der Waals surface area (Å²) in [4.78, 5) is 28.4. The summed E-state index contributed by atoms with van der Waals surface area (Å²) in [6.07, 6.45) is 5.55. The third kappa shape index (κ3) is 3.61. The lowest BCUT2D eigenvalue weighted by Crippen LogP contribution is -2.44. The van der Waals surface area contributed by atoms with Crippen molar-refractivity contribution >= 4 is 11.9 Å². The fourth-order valence-corrected chi connectivity index (χ4v) is 3.55. The molecule has 1 aliphatic carbocycles. The standard InChI is InChI=1S/C19H24N4O3/c1-13-10-14(2)23(22-13)16-7-6-15(11-20-16)17(24)21-12-19(18(25)26)8-4-3-5-9-19/h6-7,10-11H,3-5,8-9,12H2,1-2H3,(H,21,24)(H,25,26). The SMILES string of the molecule is Cc1cc(C)n(-c2ccc(C(=O)NCC3(C(=O)O)CCCCC3)cn2)n1. The van der Waals surface area contributed by atoms with Gasteiger partial charge >= 0.3 is 5.97 Å². The monoisotopic (exact) mass is 356 g/mol. The highest BCUT2D eigenvalue weighted by atomic mass is 16.4. The van der Waals surface area contributed by atoms with E-state index in [1.165, 1.54) is 6.20 Å². The molecule has 7 heteroatoms. The summed E-state index contributed by atoms with van der Waals surface area (Å²) in [6, 6.07) is 5.38. The molecular formula is C19H24N4O3. The summed E-state index contributed by atoms with van der Waals surface area (Å²) >= 11 is 0. The first kappa shape index (κ1) is 18.1. The molecule has 2 aromatic rings. The summed E-state index contributed by atoms with van der Waals surface area (Å²) in [5.74, 6) is -0.486. The molecule has 0 unspecified atom stereocenters. The molecule has 0 atom stereocenters. The Morgan fingerprint density at radius 2 is 1.96 bits per heavy atom. The van der Waals surface area contributed by atoms with Gasteiger partial charge < -0.3 is 10.4 Å². The number of pyridine rings is 1. The van der Waals surface area contributed by atoms with Crippen molar-refractivity contribution < 1.29 is 14.7 Å². The molecular weight excluding hydrogens is 332 g/mol. The topological polar surface area (TPSA) is 97.1 Å². The lowest BCUT2D eigenvalue weighted by molar-refractivity contribution is -0.150. The van der Waals surface area contributed by atoms with Crippen LogP contribution in [0.25, 0.3) is 5.82 Å². The molecule has 1 aliphatic rings. The van der Waals surface area contributed by atoms with Gasteiger partial charge in [-0.3, -0.25) is 9.59 Å². The largest absolute Gasteiger partial charge is 0.481 e. The Hall–Kier alpha value is -2.70. The minimum Gasteiger partial charge on any atom is -0.481 e. The summed E-state index contributed by atoms with van der Waals surface area (Å²) in [7, 11) is 0. The Kier molecular flexibility index (Phi) is 5.06. The zero-order valence-corrected chi connectivity index (χ0v) is 15.2. The third-order valence-corrected chi connectivity index (χ3v) is 5.09. The molecule has 2 N–H and O–H groups in total. The molecule has 26 heavy (non-hydrogen) atoms. The van der Waals surface area contributed by atoms with E-state index in [9.17, 15) is 14.7 Å². The second-order valence-electron chi connectivity index (χ2n) is 7.07. The summed E-state index contributed by atoms with van der Waals surface area (Å²) in [6.45, 7) is 4.01. The van der Waals surface area contributed by atoms with Crippen molar-refractivity contribution in [3.05, 3.63) is 41.3 Å². The Morgan fingerprint density at radius 3 is 2.50 bits per heavy atom. The first-order valence-electron chi connectivity index (χ1n) is 8.93. The molecule has 0 aromatic carbocycles. The Balaban J connectivity index is 1.68. The molecule has 2 aromatic heterocycles. The van der Waals surface area contributed by atoms with Gasteiger partial charge in [0.05, 0.1) is 16.7 Å². The van der Waals surface area contributed by atoms with E-state index in [-0.39, 0.29) is 12.5 Å². The number of hydrogen-bond acceptors (Lipinski definition) is 4. The van der Waals surface area contributed by atoms with Gasteiger partial charge in [0, 0.05) is 18.4 Å². The lowest BCUT2D eigenvalue weighted by atomic mass is 9.74. The van der Waals surface area contributed by atoms with Crippen LogP contribution in [-0.2, 0) is 4.79 Å². The van der Waals surface area contributed by atoms with Gasteiger partial charge in [0.2, 0.25) is 0 Å². The molecule has 7 nitrogen and oxygen atoms in total. The molecule has 0 spiro atoms. The average Bonchev–Trinajstić information content (AvgIpc) is 2.98. The highest BCUT2D eigenvalue weighted by molar-refractivity contribution is 5.94. The van der Waals surface area contributed by atoms with Crippen LogP contribution in [0.2, 0.25) is 0 Å². The number of amides is 1. The van der Waals surface area contributed by atoms with Gasteiger partial charge in [-0.05, 0) is 44.9 Å². The van der Waals surface area contributed by atoms with Crippen LogP contribution >= 0.6 is 0 Å². The van der Waals surface area contributed by atoms with Crippen LogP contribution in [0.4, 0.5) is 0 Å². The second-order valence-corrected chi connectivity index (χ2v) is 7.07. The van der Waals surface area contributed by atoms with Crippen LogP contribution in [0.3, 0.4) is 0 Å². The molecule has 0 aliphatic heterocycles. The van der Waals surface area contributed by atoms with E-state index in [4.69, 9.17) is 0 Å². The maximum absolute atomic E-state index is 12.4. The third-order valence-electron chi connectivity index (χ3n) is 5.09. The van der Waals surface area contributed by atoms with Crippen LogP contribution in [-0.4, -0.2) is 38.3 Å². The number of carbonyl (C=O) groups excluding carboxylic acids is 1. The average molecular weight is 356 g/mol. The number of nitrogens with zero attached hydrogens (tertiary/aromatic N) is 3. The fourth-order valence-electron chi connectivity index (χ4n) is 3.55. The molecule has 0 saturated heterocycles. The first-order valence-corrected chi connectivity index (χ1v) is 8.93. The maximum Gasteiger partial charge on any atom is 0.311 e. The minimum atomic E-state index is -0.842. The Labute approximate surface area is 152 Å². The smallest absolute Gasteiger partial charge is 0.311 e. The number of rotatable bonds is 5. The number of carboxylic acid groups (broad SMARTS) is 1. The van der Waals surface area contributed by atoms with E-state index >= 15 is 0 Å². The van der Waals surface area contributed by atoms with Crippen molar-refractivity contribution in [2.75, 3.05) is 6.54 Å². The number of aliphatic carboxylic acids is 1. The maximum atomic E-state index is 12.4. The van der Waals surface area contributed by atoms with Crippen molar-refractivity contribution in [3.63, 3.8) is 0 Å². The van der Waals surface area contributed by atoms with Crippen LogP contribution in [0.5, 0.6) is 0 Å². The van der Waals surface area contributed by atoms with E-state index in [0.29, 0.717) is 24.2 Å². The molecule has 0 radical (unpaired) electrons. The summed E-state index contributed by atoms with van der Waals surface area (Å²) < 4.78 is 1.72. The van der Waals surface area contributed by atoms with E-state index < -0.39 is 11.4 Å². The van der Waals surface area contributed by atoms with Gasteiger partial charge in [0.15, 0.2) is 5.82 Å². The normalized spacial score (nSPS) is 16.2. The minimum absolute atomic E-state index is 0.153. The van der Waals surface area contributed by atoms with Gasteiger partial charge in [-0.15, -0.1) is 0 Å². The number of hydrogen-bond donors (Lipinski definition) is 2. The molecule has 138 valence electrons. The fraction of sp³-hybridized carbons (Fsp3) is 0.474. The van der Waals surface area contributed by atoms with Crippen molar-refractivity contribution in [2.45, 2.75) is 46.0 Å². The van der Waals surface area contributed by atoms with Crippen molar-refractivity contribution in [2.24, 2.45) is 5.41 Å². The van der Waals surface area contributed by atoms with Gasteiger partial charge in [-0.25, -0.2) is 9.67 Å². The number of aromatic nitrogens is 3. The van der Waals surface area contributed by atoms with Crippen molar-refractivity contribution in [1.29, 1.82) is 0 Å². The molecule has 1 fully saturated rings. The first-order chi connectivity index (χ1) is 12.4. The van der Waals surface area contributed by atoms with Crippen molar-refractivity contribution in [1.82, 2.24) is 20.1 Å². The predicted molar refractivity (Wildman–Crippen MR) is 96.3 cm³/mol. The van der Waals surface area contributed by atoms with Crippen molar-refractivity contribution in [3.8, 4) is 5.82 Å². The van der Waals surface area contributed by atoms with Gasteiger partial charge in [0.1, 0.15) is 0 Å². The molecule has 1 amide bonds. The van der Waals surface area contributed by atoms with E-state index in [1.807, 2.05) is 19.9 Å². The zero-order valence-electron chi connectivity index (χ0n) is 15.2. The van der Waals surface area contributed by atoms with Gasteiger partial charge in [-0.1, -0.05) is 19.3 Å². The van der Waals surface area contributed by atoms with Crippen LogP contribution in [0, 0.1) is 19.3 Å². The molecule has 1 saturated carbocycles. The summed E-state index contributed by atoms with van der Waals surface area (Å²) in [5, 5.41) is 16.7. The number of nitrogens with one attached hydrogen (secondary N) is 1. The van der Waals surface area contributed by atoms with E-state index in [1.54, 1.807) is 16.8 Å². The Bertz CT molecular complexity index is 805. The number of carbonyl (C=O) groups is 2. The van der Waals surface area contributed by atoms with Crippen LogP contribution in [0.15, 0.2) is 24.4 Å². The second kappa shape index (κ2) is 7.27. The van der Waals surface area contributed by atoms with Crippen LogP contribution in [0.1, 0.15) is 53.8 Å². The quantitative estimate of drug-likeness (QED) is 0.858. The Morgan fingerprint density at radius 1 is 1.23 bits per heavy atom. The highest BCUT2D eigenvalue weighted by Gasteiger charge is 2.39. The van der Waals surface area contributed by atoms with E-state index in [2.05, 4.69) is 15.4 Å².